The largest absolute Gasteiger partial charge is 0.481 e. The van der Waals surface area contributed by atoms with Crippen molar-refractivity contribution >= 4 is 17.9 Å². The zero-order valence-corrected chi connectivity index (χ0v) is 11.8. The molecule has 0 aromatic carbocycles. The molecule has 1 aliphatic carbocycles. The minimum Gasteiger partial charge on any atom is -0.481 e. The summed E-state index contributed by atoms with van der Waals surface area (Å²) >= 11 is 0. The fourth-order valence-corrected chi connectivity index (χ4v) is 2.21. The van der Waals surface area contributed by atoms with Gasteiger partial charge in [-0.05, 0) is 12.8 Å². The summed E-state index contributed by atoms with van der Waals surface area (Å²) in [5.41, 5.74) is 0. The lowest BCUT2D eigenvalue weighted by molar-refractivity contribution is -0.144. The highest BCUT2D eigenvalue weighted by molar-refractivity contribution is 5.84. The molecule has 3 amide bonds. The first kappa shape index (κ1) is 14.6. The van der Waals surface area contributed by atoms with Crippen LogP contribution in [0.5, 0.6) is 0 Å². The zero-order chi connectivity index (χ0) is 14.9. The first-order valence-electron chi connectivity index (χ1n) is 6.90. The lowest BCUT2D eigenvalue weighted by Gasteiger charge is -2.42. The van der Waals surface area contributed by atoms with E-state index in [1.807, 2.05) is 0 Å². The molecule has 1 saturated carbocycles. The van der Waals surface area contributed by atoms with E-state index in [-0.39, 0.29) is 30.4 Å². The van der Waals surface area contributed by atoms with Crippen molar-refractivity contribution in [3.63, 3.8) is 0 Å². The van der Waals surface area contributed by atoms with E-state index in [9.17, 15) is 14.4 Å². The quantitative estimate of drug-likeness (QED) is 0.741. The maximum atomic E-state index is 12.0. The molecule has 2 aliphatic rings. The smallest absolute Gasteiger partial charge is 0.320 e. The van der Waals surface area contributed by atoms with Crippen LogP contribution in [0, 0.1) is 11.8 Å². The van der Waals surface area contributed by atoms with Gasteiger partial charge >= 0.3 is 12.0 Å². The van der Waals surface area contributed by atoms with Gasteiger partial charge in [-0.15, -0.1) is 0 Å². The minimum absolute atomic E-state index is 0.00476. The molecule has 0 bridgehead atoms. The van der Waals surface area contributed by atoms with Crippen LogP contribution >= 0.6 is 0 Å². The number of hydrogen-bond donors (Lipinski definition) is 2. The van der Waals surface area contributed by atoms with Crippen molar-refractivity contribution in [1.82, 2.24) is 15.1 Å². The molecule has 2 fully saturated rings. The van der Waals surface area contributed by atoms with Crippen LogP contribution in [-0.4, -0.2) is 65.5 Å². The fourth-order valence-electron chi connectivity index (χ4n) is 2.21. The van der Waals surface area contributed by atoms with Crippen LogP contribution in [0.15, 0.2) is 0 Å². The van der Waals surface area contributed by atoms with Gasteiger partial charge in [0.15, 0.2) is 0 Å². The first-order valence-corrected chi connectivity index (χ1v) is 6.90. The highest BCUT2D eigenvalue weighted by atomic mass is 16.4. The lowest BCUT2D eigenvalue weighted by Crippen LogP contribution is -2.57. The van der Waals surface area contributed by atoms with Gasteiger partial charge in [-0.1, -0.05) is 6.92 Å². The number of carboxylic acid groups (broad SMARTS) is 1. The van der Waals surface area contributed by atoms with E-state index in [2.05, 4.69) is 5.32 Å². The number of carbonyl (C=O) groups excluding carboxylic acids is 2. The normalized spacial score (nSPS) is 20.0. The molecule has 1 atom stereocenters. The maximum absolute atomic E-state index is 12.0. The van der Waals surface area contributed by atoms with Crippen LogP contribution in [0.25, 0.3) is 0 Å². The van der Waals surface area contributed by atoms with E-state index >= 15 is 0 Å². The molecular formula is C13H21N3O4. The molecule has 1 heterocycles. The number of nitrogens with one attached hydrogen (secondary N) is 1. The Balaban J connectivity index is 1.72. The number of rotatable bonds is 5. The van der Waals surface area contributed by atoms with Gasteiger partial charge in [0.05, 0.1) is 5.92 Å². The van der Waals surface area contributed by atoms with Gasteiger partial charge in [0, 0.05) is 32.1 Å². The number of likely N-dealkylation sites (N-methyl/N-ethyl adjacent to an activating group) is 1. The average molecular weight is 283 g/mol. The Morgan fingerprint density at radius 2 is 1.95 bits per heavy atom. The number of carbonyl (C=O) groups is 3. The highest BCUT2D eigenvalue weighted by Crippen LogP contribution is 2.25. The number of likely N-dealkylation sites (tertiary alicyclic amines) is 1. The topological polar surface area (TPSA) is 90.0 Å². The third kappa shape index (κ3) is 3.40. The van der Waals surface area contributed by atoms with Crippen molar-refractivity contribution in [2.45, 2.75) is 25.8 Å². The Hall–Kier alpha value is -1.79. The summed E-state index contributed by atoms with van der Waals surface area (Å²) < 4.78 is 0. The van der Waals surface area contributed by atoms with E-state index in [0.717, 1.165) is 12.8 Å². The second kappa shape index (κ2) is 5.68. The molecule has 2 rings (SSSR count). The van der Waals surface area contributed by atoms with Crippen molar-refractivity contribution in [3.8, 4) is 0 Å². The molecular weight excluding hydrogens is 262 g/mol. The van der Waals surface area contributed by atoms with Crippen molar-refractivity contribution in [2.24, 2.45) is 11.8 Å². The van der Waals surface area contributed by atoms with Gasteiger partial charge < -0.3 is 20.2 Å². The Morgan fingerprint density at radius 1 is 1.35 bits per heavy atom. The predicted octanol–water partition coefficient (Wildman–Crippen LogP) is -0.0307. The molecule has 0 spiro atoms. The number of amides is 3. The van der Waals surface area contributed by atoms with Crippen molar-refractivity contribution < 1.29 is 19.5 Å². The molecule has 0 aromatic rings. The Morgan fingerprint density at radius 3 is 2.45 bits per heavy atom. The number of carboxylic acids is 1. The summed E-state index contributed by atoms with van der Waals surface area (Å²) in [5, 5.41) is 11.7. The summed E-state index contributed by atoms with van der Waals surface area (Å²) in [7, 11) is 1.59. The number of aliphatic carboxylic acids is 1. The molecule has 0 aromatic heterocycles. The van der Waals surface area contributed by atoms with Crippen molar-refractivity contribution in [3.05, 3.63) is 0 Å². The molecule has 7 heteroatoms. The Labute approximate surface area is 117 Å². The Bertz CT molecular complexity index is 416. The fraction of sp³-hybridized carbons (Fsp3) is 0.769. The van der Waals surface area contributed by atoms with E-state index in [4.69, 9.17) is 5.11 Å². The highest BCUT2D eigenvalue weighted by Gasteiger charge is 2.38. The number of hydrogen-bond acceptors (Lipinski definition) is 3. The van der Waals surface area contributed by atoms with Crippen LogP contribution in [0.2, 0.25) is 0 Å². The summed E-state index contributed by atoms with van der Waals surface area (Å²) in [6, 6.07) is 0.0700. The van der Waals surface area contributed by atoms with Crippen LogP contribution in [0.1, 0.15) is 19.8 Å². The van der Waals surface area contributed by atoms with Crippen molar-refractivity contribution in [2.75, 3.05) is 26.7 Å². The van der Waals surface area contributed by atoms with Crippen LogP contribution in [0.4, 0.5) is 4.79 Å². The molecule has 1 unspecified atom stereocenters. The SMILES string of the molecule is CC(C(=O)O)C1CN(C(=O)N(C)CC(=O)NC2CC2)C1. The maximum Gasteiger partial charge on any atom is 0.320 e. The molecule has 1 saturated heterocycles. The number of nitrogens with zero attached hydrogens (tertiary/aromatic N) is 2. The van der Waals surface area contributed by atoms with Gasteiger partial charge in [0.2, 0.25) is 5.91 Å². The monoisotopic (exact) mass is 283 g/mol. The summed E-state index contributed by atoms with van der Waals surface area (Å²) in [6.45, 7) is 2.59. The van der Waals surface area contributed by atoms with E-state index in [1.165, 1.54) is 4.90 Å². The lowest BCUT2D eigenvalue weighted by atomic mass is 9.87. The van der Waals surface area contributed by atoms with Crippen LogP contribution in [0.3, 0.4) is 0 Å². The molecule has 7 nitrogen and oxygen atoms in total. The van der Waals surface area contributed by atoms with Crippen molar-refractivity contribution in [1.29, 1.82) is 0 Å². The number of urea groups is 1. The summed E-state index contributed by atoms with van der Waals surface area (Å²) in [6.07, 6.45) is 2.04. The van der Waals surface area contributed by atoms with E-state index < -0.39 is 11.9 Å². The first-order chi connectivity index (χ1) is 9.38. The Kier molecular flexibility index (Phi) is 4.15. The van der Waals surface area contributed by atoms with E-state index in [1.54, 1.807) is 18.9 Å². The molecule has 1 aliphatic heterocycles. The average Bonchev–Trinajstić information content (AvgIpc) is 3.09. The molecule has 112 valence electrons. The van der Waals surface area contributed by atoms with Gasteiger partial charge in [-0.25, -0.2) is 4.79 Å². The second-order valence-electron chi connectivity index (χ2n) is 5.77. The molecule has 2 N–H and O–H groups in total. The standard InChI is InChI=1S/C13H21N3O4/c1-8(12(18)19)9-5-16(6-9)13(20)15(2)7-11(17)14-10-3-4-10/h8-10H,3-7H2,1-2H3,(H,14,17)(H,18,19). The van der Waals surface area contributed by atoms with Crippen LogP contribution < -0.4 is 5.32 Å². The third-order valence-electron chi connectivity index (χ3n) is 3.93. The minimum atomic E-state index is -0.834. The summed E-state index contributed by atoms with van der Waals surface area (Å²) in [4.78, 5) is 37.4. The van der Waals surface area contributed by atoms with Gasteiger partial charge in [0.25, 0.3) is 0 Å². The second-order valence-corrected chi connectivity index (χ2v) is 5.77. The molecule has 0 radical (unpaired) electrons. The van der Waals surface area contributed by atoms with Crippen LogP contribution in [-0.2, 0) is 9.59 Å². The van der Waals surface area contributed by atoms with E-state index in [0.29, 0.717) is 13.1 Å². The zero-order valence-electron chi connectivity index (χ0n) is 11.8. The molecule has 20 heavy (non-hydrogen) atoms. The van der Waals surface area contributed by atoms with Gasteiger partial charge in [0.1, 0.15) is 6.54 Å². The summed E-state index contributed by atoms with van der Waals surface area (Å²) in [5.74, 6) is -1.41. The van der Waals surface area contributed by atoms with Gasteiger partial charge in [-0.2, -0.15) is 0 Å². The third-order valence-corrected chi connectivity index (χ3v) is 3.93. The van der Waals surface area contributed by atoms with Gasteiger partial charge in [-0.3, -0.25) is 9.59 Å². The predicted molar refractivity (Wildman–Crippen MR) is 71.1 cm³/mol.